The van der Waals surface area contributed by atoms with Crippen molar-refractivity contribution in [2.75, 3.05) is 20.3 Å². The molecule has 1 atom stereocenters. The Morgan fingerprint density at radius 2 is 2.12 bits per heavy atom. The molecule has 0 saturated heterocycles. The second kappa shape index (κ2) is 6.77. The number of methoxy groups -OCH3 is 1. The summed E-state index contributed by atoms with van der Waals surface area (Å²) in [5, 5.41) is 8.09. The lowest BCUT2D eigenvalue weighted by atomic mass is 10.1. The van der Waals surface area contributed by atoms with Crippen LogP contribution >= 0.6 is 0 Å². The van der Waals surface area contributed by atoms with Crippen molar-refractivity contribution >= 4 is 0 Å². The van der Waals surface area contributed by atoms with Gasteiger partial charge in [0.2, 0.25) is 0 Å². The van der Waals surface area contributed by atoms with Gasteiger partial charge in [-0.15, -0.1) is 0 Å². The third-order valence-electron chi connectivity index (χ3n) is 3.08. The zero-order chi connectivity index (χ0) is 12.8. The molecule has 1 rings (SSSR count). The van der Waals surface area contributed by atoms with E-state index in [1.54, 1.807) is 7.11 Å². The Morgan fingerprint density at radius 1 is 1.41 bits per heavy atom. The van der Waals surface area contributed by atoms with Crippen LogP contribution in [0.25, 0.3) is 0 Å². The molecule has 0 fully saturated rings. The van der Waals surface area contributed by atoms with Gasteiger partial charge >= 0.3 is 0 Å². The zero-order valence-corrected chi connectivity index (χ0v) is 11.7. The van der Waals surface area contributed by atoms with Gasteiger partial charge in [0, 0.05) is 24.4 Å². The molecule has 1 N–H and O–H groups in total. The minimum atomic E-state index is 0.367. The maximum Gasteiger partial charge on any atom is 0.0658 e. The summed E-state index contributed by atoms with van der Waals surface area (Å²) < 4.78 is 7.14. The summed E-state index contributed by atoms with van der Waals surface area (Å²) in [5.74, 6) is 0. The molecule has 0 spiro atoms. The molecule has 0 aliphatic rings. The van der Waals surface area contributed by atoms with Crippen LogP contribution in [0.5, 0.6) is 0 Å². The molecule has 4 heteroatoms. The van der Waals surface area contributed by atoms with E-state index >= 15 is 0 Å². The topological polar surface area (TPSA) is 39.1 Å². The van der Waals surface area contributed by atoms with E-state index in [0.29, 0.717) is 12.6 Å². The fourth-order valence-electron chi connectivity index (χ4n) is 2.20. The Labute approximate surface area is 104 Å². The van der Waals surface area contributed by atoms with Crippen molar-refractivity contribution in [1.82, 2.24) is 15.1 Å². The summed E-state index contributed by atoms with van der Waals surface area (Å²) in [7, 11) is 1.72. The summed E-state index contributed by atoms with van der Waals surface area (Å²) in [4.78, 5) is 0. The lowest BCUT2D eigenvalue weighted by molar-refractivity contribution is 0.182. The average molecular weight is 239 g/mol. The van der Waals surface area contributed by atoms with Gasteiger partial charge in [-0.1, -0.05) is 6.92 Å². The minimum Gasteiger partial charge on any atom is -0.383 e. The van der Waals surface area contributed by atoms with Gasteiger partial charge in [-0.2, -0.15) is 5.10 Å². The minimum absolute atomic E-state index is 0.367. The zero-order valence-electron chi connectivity index (χ0n) is 11.7. The highest BCUT2D eigenvalue weighted by Crippen LogP contribution is 2.21. The maximum absolute atomic E-state index is 5.10. The number of rotatable bonds is 7. The number of nitrogens with one attached hydrogen (secondary N) is 1. The first-order valence-corrected chi connectivity index (χ1v) is 6.38. The van der Waals surface area contributed by atoms with Crippen LogP contribution in [0, 0.1) is 13.8 Å². The SMILES string of the molecule is CCCNC(C)c1c(C)nn(CCOC)c1C. The van der Waals surface area contributed by atoms with Crippen LogP contribution in [0.2, 0.25) is 0 Å². The van der Waals surface area contributed by atoms with Gasteiger partial charge in [-0.05, 0) is 33.7 Å². The van der Waals surface area contributed by atoms with Gasteiger partial charge in [0.1, 0.15) is 0 Å². The molecule has 0 aliphatic heterocycles. The first kappa shape index (κ1) is 14.2. The third kappa shape index (κ3) is 3.54. The van der Waals surface area contributed by atoms with Crippen molar-refractivity contribution < 1.29 is 4.74 Å². The molecule has 0 aromatic carbocycles. The van der Waals surface area contributed by atoms with Crippen LogP contribution in [-0.2, 0) is 11.3 Å². The molecule has 1 heterocycles. The standard InChI is InChI=1S/C13H25N3O/c1-6-7-14-10(2)13-11(3)15-16(12(13)4)8-9-17-5/h10,14H,6-9H2,1-5H3. The Hall–Kier alpha value is -0.870. The first-order valence-electron chi connectivity index (χ1n) is 6.38. The highest BCUT2D eigenvalue weighted by atomic mass is 16.5. The first-order chi connectivity index (χ1) is 8.11. The van der Waals surface area contributed by atoms with Crippen molar-refractivity contribution in [3.63, 3.8) is 0 Å². The summed E-state index contributed by atoms with van der Waals surface area (Å²) in [6, 6.07) is 0.367. The molecule has 0 radical (unpaired) electrons. The number of aromatic nitrogens is 2. The van der Waals surface area contributed by atoms with E-state index in [2.05, 4.69) is 38.1 Å². The predicted molar refractivity (Wildman–Crippen MR) is 70.3 cm³/mol. The molecule has 17 heavy (non-hydrogen) atoms. The number of ether oxygens (including phenoxy) is 1. The predicted octanol–water partition coefficient (Wildman–Crippen LogP) is 2.21. The van der Waals surface area contributed by atoms with E-state index < -0.39 is 0 Å². The number of aryl methyl sites for hydroxylation is 1. The molecule has 0 bridgehead atoms. The van der Waals surface area contributed by atoms with Crippen LogP contribution in [0.3, 0.4) is 0 Å². The van der Waals surface area contributed by atoms with Gasteiger partial charge in [0.05, 0.1) is 18.8 Å². The van der Waals surface area contributed by atoms with Crippen LogP contribution in [-0.4, -0.2) is 30.0 Å². The number of hydrogen-bond donors (Lipinski definition) is 1. The normalized spacial score (nSPS) is 13.0. The molecule has 4 nitrogen and oxygen atoms in total. The van der Waals surface area contributed by atoms with Crippen molar-refractivity contribution in [2.45, 2.75) is 46.7 Å². The Kier molecular flexibility index (Phi) is 5.65. The fraction of sp³-hybridized carbons (Fsp3) is 0.769. The smallest absolute Gasteiger partial charge is 0.0658 e. The molecule has 0 amide bonds. The van der Waals surface area contributed by atoms with E-state index in [-0.39, 0.29) is 0 Å². The Morgan fingerprint density at radius 3 is 2.71 bits per heavy atom. The highest BCUT2D eigenvalue weighted by molar-refractivity contribution is 5.27. The van der Waals surface area contributed by atoms with Crippen LogP contribution in [0.4, 0.5) is 0 Å². The van der Waals surface area contributed by atoms with Gasteiger partial charge in [-0.25, -0.2) is 0 Å². The third-order valence-corrected chi connectivity index (χ3v) is 3.08. The van der Waals surface area contributed by atoms with E-state index in [1.807, 2.05) is 4.68 Å². The monoisotopic (exact) mass is 239 g/mol. The molecular formula is C13H25N3O. The van der Waals surface area contributed by atoms with Crippen LogP contribution in [0.15, 0.2) is 0 Å². The van der Waals surface area contributed by atoms with Gasteiger partial charge < -0.3 is 10.1 Å². The van der Waals surface area contributed by atoms with E-state index in [9.17, 15) is 0 Å². The lowest BCUT2D eigenvalue weighted by Crippen LogP contribution is -2.20. The second-order valence-electron chi connectivity index (χ2n) is 4.48. The van der Waals surface area contributed by atoms with Crippen LogP contribution in [0.1, 0.15) is 43.3 Å². The lowest BCUT2D eigenvalue weighted by Gasteiger charge is -2.14. The quantitative estimate of drug-likeness (QED) is 0.793. The number of hydrogen-bond acceptors (Lipinski definition) is 3. The molecule has 1 aromatic rings. The van der Waals surface area contributed by atoms with Gasteiger partial charge in [-0.3, -0.25) is 4.68 Å². The molecule has 1 aromatic heterocycles. The molecule has 0 saturated carbocycles. The molecule has 98 valence electrons. The summed E-state index contributed by atoms with van der Waals surface area (Å²) in [5.41, 5.74) is 3.69. The van der Waals surface area contributed by atoms with Crippen molar-refractivity contribution in [3.05, 3.63) is 17.0 Å². The Bertz CT molecular complexity index is 347. The molecular weight excluding hydrogens is 214 g/mol. The van der Waals surface area contributed by atoms with E-state index in [0.717, 1.165) is 25.2 Å². The summed E-state index contributed by atoms with van der Waals surface area (Å²) in [6.45, 7) is 11.2. The average Bonchev–Trinajstić information content (AvgIpc) is 2.59. The summed E-state index contributed by atoms with van der Waals surface area (Å²) >= 11 is 0. The molecule has 0 aliphatic carbocycles. The van der Waals surface area contributed by atoms with Crippen molar-refractivity contribution in [2.24, 2.45) is 0 Å². The largest absolute Gasteiger partial charge is 0.383 e. The van der Waals surface area contributed by atoms with Crippen molar-refractivity contribution in [3.8, 4) is 0 Å². The fourth-order valence-corrected chi connectivity index (χ4v) is 2.20. The Balaban J connectivity index is 2.80. The van der Waals surface area contributed by atoms with E-state index in [1.165, 1.54) is 11.3 Å². The molecule has 1 unspecified atom stereocenters. The highest BCUT2D eigenvalue weighted by Gasteiger charge is 2.16. The van der Waals surface area contributed by atoms with Gasteiger partial charge in [0.15, 0.2) is 0 Å². The van der Waals surface area contributed by atoms with E-state index in [4.69, 9.17) is 4.74 Å². The van der Waals surface area contributed by atoms with Gasteiger partial charge in [0.25, 0.3) is 0 Å². The second-order valence-corrected chi connectivity index (χ2v) is 4.48. The maximum atomic E-state index is 5.10. The number of nitrogens with zero attached hydrogens (tertiary/aromatic N) is 2. The van der Waals surface area contributed by atoms with Crippen LogP contribution < -0.4 is 5.32 Å². The van der Waals surface area contributed by atoms with Crippen molar-refractivity contribution in [1.29, 1.82) is 0 Å². The summed E-state index contributed by atoms with van der Waals surface area (Å²) in [6.07, 6.45) is 1.15.